The Balaban J connectivity index is 1.87. The first-order chi connectivity index (χ1) is 5.33. The number of alkyl halides is 1. The van der Waals surface area contributed by atoms with Crippen LogP contribution in [0.3, 0.4) is 0 Å². The van der Waals surface area contributed by atoms with Gasteiger partial charge < -0.3 is 9.47 Å². The largest absolute Gasteiger partial charge is 0.347 e. The van der Waals surface area contributed by atoms with Gasteiger partial charge >= 0.3 is 0 Å². The van der Waals surface area contributed by atoms with E-state index in [1.54, 1.807) is 0 Å². The van der Waals surface area contributed by atoms with Gasteiger partial charge in [0.25, 0.3) is 0 Å². The van der Waals surface area contributed by atoms with Crippen LogP contribution in [0, 0.1) is 11.8 Å². The molecule has 11 heavy (non-hydrogen) atoms. The summed E-state index contributed by atoms with van der Waals surface area (Å²) in [6.45, 7) is 1.51. The predicted molar refractivity (Wildman–Crippen MR) is 40.5 cm³/mol. The molecule has 3 aliphatic rings. The van der Waals surface area contributed by atoms with Gasteiger partial charge in [0, 0.05) is 17.7 Å². The van der Waals surface area contributed by atoms with E-state index in [1.807, 2.05) is 0 Å². The standard InChI is InChI=1S/C8H11ClO2/c9-7-5-1-2-8(6(5)7)10-3-4-11-8/h5-7H,1-4H2/t5-,6+,7?/m0/s1. The summed E-state index contributed by atoms with van der Waals surface area (Å²) >= 11 is 6.06. The second-order valence-electron chi connectivity index (χ2n) is 3.68. The highest BCUT2D eigenvalue weighted by Crippen LogP contribution is 2.62. The summed E-state index contributed by atoms with van der Waals surface area (Å²) in [6.07, 6.45) is 2.25. The molecule has 3 rings (SSSR count). The molecule has 3 atom stereocenters. The van der Waals surface area contributed by atoms with Crippen molar-refractivity contribution in [1.29, 1.82) is 0 Å². The van der Waals surface area contributed by atoms with Crippen molar-refractivity contribution in [2.45, 2.75) is 24.0 Å². The van der Waals surface area contributed by atoms with Crippen molar-refractivity contribution in [3.8, 4) is 0 Å². The minimum atomic E-state index is -0.239. The zero-order valence-corrected chi connectivity index (χ0v) is 7.01. The predicted octanol–water partition coefficient (Wildman–Crippen LogP) is 1.38. The molecule has 0 bridgehead atoms. The van der Waals surface area contributed by atoms with Gasteiger partial charge in [-0.05, 0) is 12.3 Å². The highest BCUT2D eigenvalue weighted by atomic mass is 35.5. The van der Waals surface area contributed by atoms with Crippen LogP contribution in [-0.2, 0) is 9.47 Å². The van der Waals surface area contributed by atoms with Gasteiger partial charge in [0.15, 0.2) is 5.79 Å². The van der Waals surface area contributed by atoms with Gasteiger partial charge in [0.05, 0.1) is 13.2 Å². The van der Waals surface area contributed by atoms with Crippen LogP contribution in [0.25, 0.3) is 0 Å². The van der Waals surface area contributed by atoms with Crippen molar-refractivity contribution >= 4 is 11.6 Å². The molecular weight excluding hydrogens is 164 g/mol. The average molecular weight is 175 g/mol. The molecule has 3 heteroatoms. The maximum atomic E-state index is 6.06. The minimum absolute atomic E-state index is 0.239. The molecule has 1 heterocycles. The van der Waals surface area contributed by atoms with E-state index >= 15 is 0 Å². The first kappa shape index (κ1) is 6.70. The molecule has 0 aromatic carbocycles. The van der Waals surface area contributed by atoms with E-state index in [1.165, 1.54) is 6.42 Å². The Morgan fingerprint density at radius 3 is 2.55 bits per heavy atom. The maximum Gasteiger partial charge on any atom is 0.173 e. The smallest absolute Gasteiger partial charge is 0.173 e. The van der Waals surface area contributed by atoms with Crippen molar-refractivity contribution in [2.24, 2.45) is 11.8 Å². The van der Waals surface area contributed by atoms with E-state index in [4.69, 9.17) is 21.1 Å². The topological polar surface area (TPSA) is 18.5 Å². The highest BCUT2D eigenvalue weighted by Gasteiger charge is 2.67. The maximum absolute atomic E-state index is 6.06. The number of hydrogen-bond acceptors (Lipinski definition) is 2. The molecule has 2 nitrogen and oxygen atoms in total. The Bertz CT molecular complexity index is 183. The van der Waals surface area contributed by atoms with E-state index in [9.17, 15) is 0 Å². The molecule has 0 radical (unpaired) electrons. The summed E-state index contributed by atoms with van der Waals surface area (Å²) in [5.41, 5.74) is 0. The van der Waals surface area contributed by atoms with Gasteiger partial charge in [-0.15, -0.1) is 11.6 Å². The Morgan fingerprint density at radius 2 is 2.00 bits per heavy atom. The van der Waals surface area contributed by atoms with Gasteiger partial charge in [0.2, 0.25) is 0 Å². The van der Waals surface area contributed by atoms with Crippen LogP contribution in [0.1, 0.15) is 12.8 Å². The first-order valence-electron chi connectivity index (χ1n) is 4.25. The van der Waals surface area contributed by atoms with Crippen LogP contribution in [0.4, 0.5) is 0 Å². The van der Waals surface area contributed by atoms with Crippen molar-refractivity contribution in [3.63, 3.8) is 0 Å². The molecule has 2 saturated carbocycles. The lowest BCUT2D eigenvalue weighted by atomic mass is 10.1. The third kappa shape index (κ3) is 0.707. The van der Waals surface area contributed by atoms with E-state index in [-0.39, 0.29) is 5.79 Å². The molecule has 1 unspecified atom stereocenters. The van der Waals surface area contributed by atoms with E-state index in [0.717, 1.165) is 19.6 Å². The number of hydrogen-bond donors (Lipinski definition) is 0. The van der Waals surface area contributed by atoms with E-state index < -0.39 is 0 Å². The van der Waals surface area contributed by atoms with E-state index in [0.29, 0.717) is 17.2 Å². The number of fused-ring (bicyclic) bond motifs is 2. The molecule has 0 N–H and O–H groups in total. The second kappa shape index (κ2) is 1.93. The van der Waals surface area contributed by atoms with Crippen LogP contribution in [0.2, 0.25) is 0 Å². The summed E-state index contributed by atoms with van der Waals surface area (Å²) in [6, 6.07) is 0. The summed E-state index contributed by atoms with van der Waals surface area (Å²) in [7, 11) is 0. The molecule has 62 valence electrons. The summed E-state index contributed by atoms with van der Waals surface area (Å²) in [5, 5.41) is 0.335. The van der Waals surface area contributed by atoms with Crippen molar-refractivity contribution < 1.29 is 9.47 Å². The van der Waals surface area contributed by atoms with Gasteiger partial charge in [0.1, 0.15) is 0 Å². The summed E-state index contributed by atoms with van der Waals surface area (Å²) < 4.78 is 11.2. The van der Waals surface area contributed by atoms with Gasteiger partial charge in [-0.3, -0.25) is 0 Å². The Kier molecular flexibility index (Phi) is 1.17. The molecular formula is C8H11ClO2. The quantitative estimate of drug-likeness (QED) is 0.517. The van der Waals surface area contributed by atoms with Crippen LogP contribution in [-0.4, -0.2) is 24.4 Å². The molecule has 3 fully saturated rings. The lowest BCUT2D eigenvalue weighted by Crippen LogP contribution is -2.31. The van der Waals surface area contributed by atoms with Gasteiger partial charge in [-0.2, -0.15) is 0 Å². The third-order valence-corrected chi connectivity index (χ3v) is 3.78. The summed E-state index contributed by atoms with van der Waals surface area (Å²) in [5.74, 6) is 0.957. The van der Waals surface area contributed by atoms with Crippen LogP contribution < -0.4 is 0 Å². The first-order valence-corrected chi connectivity index (χ1v) is 4.69. The number of rotatable bonds is 0. The van der Waals surface area contributed by atoms with Crippen LogP contribution >= 0.6 is 11.6 Å². The van der Waals surface area contributed by atoms with Gasteiger partial charge in [-0.25, -0.2) is 0 Å². The zero-order chi connectivity index (χ0) is 7.47. The van der Waals surface area contributed by atoms with E-state index in [2.05, 4.69) is 0 Å². The zero-order valence-electron chi connectivity index (χ0n) is 6.25. The molecule has 0 aromatic heterocycles. The molecule has 0 aromatic rings. The van der Waals surface area contributed by atoms with Crippen LogP contribution in [0.15, 0.2) is 0 Å². The van der Waals surface area contributed by atoms with Crippen molar-refractivity contribution in [3.05, 3.63) is 0 Å². The Labute approximate surface area is 70.8 Å². The second-order valence-corrected chi connectivity index (χ2v) is 4.19. The molecule has 2 aliphatic carbocycles. The third-order valence-electron chi connectivity index (χ3n) is 3.18. The number of halogens is 1. The fraction of sp³-hybridized carbons (Fsp3) is 1.00. The van der Waals surface area contributed by atoms with Crippen molar-refractivity contribution in [2.75, 3.05) is 13.2 Å². The minimum Gasteiger partial charge on any atom is -0.347 e. The molecule has 0 amide bonds. The van der Waals surface area contributed by atoms with Crippen molar-refractivity contribution in [1.82, 2.24) is 0 Å². The van der Waals surface area contributed by atoms with Gasteiger partial charge in [-0.1, -0.05) is 0 Å². The number of ether oxygens (including phenoxy) is 2. The molecule has 1 aliphatic heterocycles. The molecule has 1 saturated heterocycles. The van der Waals surface area contributed by atoms with Crippen LogP contribution in [0.5, 0.6) is 0 Å². The average Bonchev–Trinajstić information content (AvgIpc) is 2.52. The monoisotopic (exact) mass is 174 g/mol. The lowest BCUT2D eigenvalue weighted by Gasteiger charge is -2.23. The lowest BCUT2D eigenvalue weighted by molar-refractivity contribution is -0.166. The fourth-order valence-electron chi connectivity index (χ4n) is 2.58. The highest BCUT2D eigenvalue weighted by molar-refractivity contribution is 6.23. The molecule has 1 spiro atoms. The SMILES string of the molecule is ClC1[C@H]2CCC3(OCCO3)[C@@H]12. The summed E-state index contributed by atoms with van der Waals surface area (Å²) in [4.78, 5) is 0. The Morgan fingerprint density at radius 1 is 1.27 bits per heavy atom. The Hall–Kier alpha value is 0.210. The normalized spacial score (nSPS) is 51.5. The fourth-order valence-corrected chi connectivity index (χ4v) is 3.16.